The van der Waals surface area contributed by atoms with Crippen molar-refractivity contribution < 1.29 is 9.13 Å². The predicted molar refractivity (Wildman–Crippen MR) is 229 cm³/mol. The van der Waals surface area contributed by atoms with Crippen LogP contribution in [0, 0.1) is 0 Å². The zero-order valence-corrected chi connectivity index (χ0v) is 32.9. The summed E-state index contributed by atoms with van der Waals surface area (Å²) >= 11 is 0. The Hall–Kier alpha value is -7.34. The number of rotatable bonds is 17. The van der Waals surface area contributed by atoms with E-state index in [1.807, 2.05) is 133 Å². The minimum Gasteiger partial charge on any atom is -0.356 e. The molecule has 4 aromatic heterocycles. The molecule has 12 heteroatoms. The average Bonchev–Trinajstić information content (AvgIpc) is 4.10. The molecule has 4 aromatic carbocycles. The number of benzene rings is 4. The fourth-order valence-corrected chi connectivity index (χ4v) is 6.76. The van der Waals surface area contributed by atoms with Crippen LogP contribution in [0.5, 0.6) is 0 Å². The molecule has 0 atom stereocenters. The van der Waals surface area contributed by atoms with E-state index in [0.29, 0.717) is 0 Å². The molecule has 58 heavy (non-hydrogen) atoms. The van der Waals surface area contributed by atoms with Gasteiger partial charge in [-0.2, -0.15) is 0 Å². The molecule has 0 aliphatic carbocycles. The Morgan fingerprint density at radius 2 is 0.759 bits per heavy atom. The number of azo groups is 2. The van der Waals surface area contributed by atoms with Crippen molar-refractivity contribution in [1.82, 2.24) is 18.3 Å². The molecule has 8 rings (SSSR count). The van der Waals surface area contributed by atoms with Crippen LogP contribution in [-0.4, -0.2) is 18.3 Å². The molecule has 0 unspecified atom stereocenters. The van der Waals surface area contributed by atoms with Gasteiger partial charge in [-0.25, -0.2) is 18.3 Å². The number of aromatic nitrogens is 6. The van der Waals surface area contributed by atoms with Crippen LogP contribution in [0.4, 0.5) is 46.0 Å². The molecule has 0 aliphatic heterocycles. The highest BCUT2D eigenvalue weighted by Crippen LogP contribution is 2.25. The average molecular weight is 769 g/mol. The summed E-state index contributed by atoms with van der Waals surface area (Å²) in [6, 6.07) is 40.8. The molecule has 4 heterocycles. The van der Waals surface area contributed by atoms with Crippen molar-refractivity contribution in [2.24, 2.45) is 34.6 Å². The Labute approximate surface area is 338 Å². The van der Waals surface area contributed by atoms with Crippen molar-refractivity contribution in [1.29, 1.82) is 0 Å². The first-order valence-corrected chi connectivity index (χ1v) is 19.7. The van der Waals surface area contributed by atoms with Gasteiger partial charge in [0.2, 0.25) is 0 Å². The molecular formula is C46H48N12+2. The molecule has 0 amide bonds. The van der Waals surface area contributed by atoms with Gasteiger partial charge in [-0.05, 0) is 134 Å². The third-order valence-electron chi connectivity index (χ3n) is 9.99. The molecule has 0 saturated carbocycles. The van der Waals surface area contributed by atoms with Gasteiger partial charge < -0.3 is 19.8 Å². The minimum absolute atomic E-state index is 0.801. The molecule has 12 nitrogen and oxygen atoms in total. The largest absolute Gasteiger partial charge is 0.421 e. The minimum atomic E-state index is 0.801. The quantitative estimate of drug-likeness (QED) is 0.0547. The molecule has 0 saturated heterocycles. The van der Waals surface area contributed by atoms with E-state index in [-0.39, 0.29) is 0 Å². The summed E-state index contributed by atoms with van der Waals surface area (Å²) in [5.41, 5.74) is 7.90. The van der Waals surface area contributed by atoms with Gasteiger partial charge in [0.15, 0.2) is 0 Å². The molecule has 290 valence electrons. The Morgan fingerprint density at radius 3 is 1.12 bits per heavy atom. The summed E-state index contributed by atoms with van der Waals surface area (Å²) in [6.45, 7) is 1.77. The summed E-state index contributed by atoms with van der Waals surface area (Å²) in [6.07, 6.45) is 20.7. The van der Waals surface area contributed by atoms with Crippen LogP contribution in [0.15, 0.2) is 191 Å². The summed E-state index contributed by atoms with van der Waals surface area (Å²) in [7, 11) is 4.01. The van der Waals surface area contributed by atoms with E-state index in [1.165, 1.54) is 0 Å². The van der Waals surface area contributed by atoms with Crippen molar-refractivity contribution in [2.45, 2.75) is 38.8 Å². The van der Waals surface area contributed by atoms with E-state index >= 15 is 0 Å². The molecule has 0 radical (unpaired) electrons. The fourth-order valence-electron chi connectivity index (χ4n) is 6.76. The lowest BCUT2D eigenvalue weighted by Gasteiger charge is -2.08. The fraction of sp³-hybridized carbons (Fsp3) is 0.174. The predicted octanol–water partition coefficient (Wildman–Crippen LogP) is 11.1. The number of hydrogen-bond acceptors (Lipinski definition) is 6. The van der Waals surface area contributed by atoms with E-state index in [1.54, 1.807) is 0 Å². The van der Waals surface area contributed by atoms with Crippen LogP contribution in [0.25, 0.3) is 11.4 Å². The first-order chi connectivity index (χ1) is 28.5. The Kier molecular flexibility index (Phi) is 11.7. The third kappa shape index (κ3) is 9.54. The number of aryl methyl sites for hydroxylation is 4. The lowest BCUT2D eigenvalue weighted by atomic mass is 10.2. The normalized spacial score (nSPS) is 11.6. The van der Waals surface area contributed by atoms with E-state index in [0.717, 1.165) is 96.2 Å². The number of unbranched alkanes of at least 4 members (excludes halogenated alkanes) is 3. The van der Waals surface area contributed by atoms with Gasteiger partial charge in [0.05, 0.1) is 52.0 Å². The number of nitrogens with zero attached hydrogens (tertiary/aromatic N) is 10. The standard InChI is InChI=1S/C46H46N12/c1-53-33-35-57(45(53)51-49-41-15-11-37(12-16-41)47-39-19-23-43(24-20-39)55-27-7-8-28-55)31-5-3-4-6-32-58-36-34-54(2)46(58)52-50-42-17-13-38(14-18-42)48-40-21-25-44(26-22-40)56-29-9-10-30-56/h7-30,33-36H,3-6,31-32H2,1-2H3/p+2. The van der Waals surface area contributed by atoms with Gasteiger partial charge in [0, 0.05) is 69.1 Å². The number of hydrogen-bond donors (Lipinski definition) is 2. The lowest BCUT2D eigenvalue weighted by Crippen LogP contribution is -2.25. The summed E-state index contributed by atoms with van der Waals surface area (Å²) in [4.78, 5) is 0. The molecule has 2 N–H and O–H groups in total. The highest BCUT2D eigenvalue weighted by atomic mass is 15.3. The number of nitrogens with one attached hydrogen (secondary N) is 2. The van der Waals surface area contributed by atoms with Crippen LogP contribution in [0.1, 0.15) is 25.7 Å². The summed E-state index contributed by atoms with van der Waals surface area (Å²) in [5, 5.41) is 25.3. The first-order valence-electron chi connectivity index (χ1n) is 19.7. The lowest BCUT2D eigenvalue weighted by molar-refractivity contribution is -0.657. The van der Waals surface area contributed by atoms with Crippen molar-refractivity contribution in [3.63, 3.8) is 0 Å². The molecule has 8 aromatic rings. The van der Waals surface area contributed by atoms with Gasteiger partial charge in [0.25, 0.3) is 0 Å². The maximum atomic E-state index is 4.62. The van der Waals surface area contributed by atoms with Crippen molar-refractivity contribution in [2.75, 3.05) is 10.6 Å². The zero-order valence-electron chi connectivity index (χ0n) is 32.9. The SMILES string of the molecule is C[n+]1ccn(CCCCCCn2cc[n+](C)c2N=Nc2ccc(Nc3ccc(-n4cccc4)cc3)cc2)c1N=Nc1ccc(Nc2ccc(-n3cccc3)cc2)cc1. The van der Waals surface area contributed by atoms with Crippen LogP contribution >= 0.6 is 0 Å². The second kappa shape index (κ2) is 18.1. The molecular weight excluding hydrogens is 721 g/mol. The highest BCUT2D eigenvalue weighted by Gasteiger charge is 2.16. The number of imidazole rings is 2. The second-order valence-corrected chi connectivity index (χ2v) is 14.2. The third-order valence-corrected chi connectivity index (χ3v) is 9.99. The molecule has 0 aliphatic rings. The van der Waals surface area contributed by atoms with E-state index in [4.69, 9.17) is 0 Å². The molecule has 0 fully saturated rings. The maximum absolute atomic E-state index is 4.62. The van der Waals surface area contributed by atoms with Gasteiger partial charge in [-0.1, -0.05) is 23.1 Å². The summed E-state index contributed by atoms with van der Waals surface area (Å²) in [5.74, 6) is 1.65. The van der Waals surface area contributed by atoms with Crippen LogP contribution in [-0.2, 0) is 27.2 Å². The monoisotopic (exact) mass is 768 g/mol. The Morgan fingerprint density at radius 1 is 0.414 bits per heavy atom. The van der Waals surface area contributed by atoms with Crippen LogP contribution < -0.4 is 19.8 Å². The Balaban J connectivity index is 0.770. The highest BCUT2D eigenvalue weighted by molar-refractivity contribution is 5.64. The maximum Gasteiger partial charge on any atom is 0.421 e. The first kappa shape index (κ1) is 37.6. The topological polar surface area (TPSA) is 101 Å². The van der Waals surface area contributed by atoms with E-state index in [9.17, 15) is 0 Å². The van der Waals surface area contributed by atoms with Gasteiger partial charge in [-0.15, -0.1) is 0 Å². The van der Waals surface area contributed by atoms with E-state index < -0.39 is 0 Å². The van der Waals surface area contributed by atoms with Crippen molar-refractivity contribution >= 4 is 46.0 Å². The van der Waals surface area contributed by atoms with Crippen LogP contribution in [0.3, 0.4) is 0 Å². The van der Waals surface area contributed by atoms with Gasteiger partial charge >= 0.3 is 11.9 Å². The van der Waals surface area contributed by atoms with Crippen molar-refractivity contribution in [3.8, 4) is 11.4 Å². The number of anilines is 4. The summed E-state index contributed by atoms with van der Waals surface area (Å²) < 4.78 is 12.5. The molecule has 0 spiro atoms. The van der Waals surface area contributed by atoms with E-state index in [2.05, 4.69) is 110 Å². The smallest absolute Gasteiger partial charge is 0.356 e. The molecule has 0 bridgehead atoms. The zero-order chi connectivity index (χ0) is 39.5. The second-order valence-electron chi connectivity index (χ2n) is 14.2. The van der Waals surface area contributed by atoms with Gasteiger partial charge in [-0.3, -0.25) is 0 Å². The Bertz CT molecular complexity index is 2360. The van der Waals surface area contributed by atoms with Crippen molar-refractivity contribution in [3.05, 3.63) is 171 Å². The van der Waals surface area contributed by atoms with Gasteiger partial charge in [0.1, 0.15) is 11.4 Å². The van der Waals surface area contributed by atoms with Crippen LogP contribution in [0.2, 0.25) is 0 Å².